The smallest absolute Gasteiger partial charge is 0.298 e. The van der Waals surface area contributed by atoms with Gasteiger partial charge < -0.3 is 9.80 Å². The minimum Gasteiger partial charge on any atom is -0.329 e. The van der Waals surface area contributed by atoms with Crippen molar-refractivity contribution in [2.24, 2.45) is 0 Å². The Hall–Kier alpha value is -1.31. The first kappa shape index (κ1) is 13.1. The van der Waals surface area contributed by atoms with Crippen LogP contribution in [0.1, 0.15) is 5.56 Å². The van der Waals surface area contributed by atoms with Gasteiger partial charge in [0.05, 0.1) is 0 Å². The number of carbonyl (C=O) groups is 1. The van der Waals surface area contributed by atoms with Crippen LogP contribution in [-0.4, -0.2) is 48.9 Å². The summed E-state index contributed by atoms with van der Waals surface area (Å²) in [6, 6.07) is 7.64. The molecule has 2 rings (SSSR count). The molecule has 0 bridgehead atoms. The summed E-state index contributed by atoms with van der Waals surface area (Å²) >= 11 is 3.37. The number of likely N-dealkylation sites (N-methyl/N-ethyl adjacent to an activating group) is 1. The lowest BCUT2D eigenvalue weighted by atomic mass is 10.2. The molecule has 1 saturated heterocycles. The fraction of sp³-hybridized carbons (Fsp3) is 0.357. The molecule has 0 N–H and O–H groups in total. The Morgan fingerprint density at radius 2 is 1.78 bits per heavy atom. The molecule has 1 aromatic carbocycles. The van der Waals surface area contributed by atoms with E-state index in [1.54, 1.807) is 0 Å². The second-order valence-electron chi connectivity index (χ2n) is 4.35. The van der Waals surface area contributed by atoms with E-state index in [1.807, 2.05) is 29.2 Å². The average molecular weight is 307 g/mol. The summed E-state index contributed by atoms with van der Waals surface area (Å²) in [4.78, 5) is 15.9. The molecule has 0 aromatic heterocycles. The first-order valence-corrected chi connectivity index (χ1v) is 6.69. The first-order chi connectivity index (χ1) is 8.65. The van der Waals surface area contributed by atoms with Gasteiger partial charge in [-0.1, -0.05) is 21.9 Å². The summed E-state index contributed by atoms with van der Waals surface area (Å²) in [6.07, 6.45) is 0. The van der Waals surface area contributed by atoms with Gasteiger partial charge >= 0.3 is 0 Å². The van der Waals surface area contributed by atoms with Gasteiger partial charge in [-0.3, -0.25) is 4.79 Å². The van der Waals surface area contributed by atoms with E-state index in [0.29, 0.717) is 0 Å². The highest BCUT2D eigenvalue weighted by molar-refractivity contribution is 9.10. The van der Waals surface area contributed by atoms with Gasteiger partial charge in [0, 0.05) is 42.1 Å². The third-order valence-corrected chi connectivity index (χ3v) is 3.48. The molecule has 1 aliphatic rings. The number of hydrogen-bond acceptors (Lipinski definition) is 2. The van der Waals surface area contributed by atoms with E-state index >= 15 is 0 Å². The van der Waals surface area contributed by atoms with Crippen LogP contribution < -0.4 is 0 Å². The number of piperazine rings is 1. The third kappa shape index (κ3) is 3.59. The summed E-state index contributed by atoms with van der Waals surface area (Å²) in [7, 11) is 2.06. The Balaban J connectivity index is 1.97. The maximum Gasteiger partial charge on any atom is 0.298 e. The lowest BCUT2D eigenvalue weighted by Crippen LogP contribution is -2.46. The standard InChI is InChI=1S/C14H15BrN2O/c1-16-8-10-17(11-9-16)14(18)7-4-12-2-5-13(15)6-3-12/h2-3,5-6H,8-11H2,1H3. The minimum atomic E-state index is -0.0778. The summed E-state index contributed by atoms with van der Waals surface area (Å²) in [5, 5.41) is 0. The zero-order valence-electron chi connectivity index (χ0n) is 10.3. The number of nitrogens with zero attached hydrogens (tertiary/aromatic N) is 2. The van der Waals surface area contributed by atoms with Crippen LogP contribution in [0.5, 0.6) is 0 Å². The van der Waals surface area contributed by atoms with Crippen molar-refractivity contribution in [2.75, 3.05) is 33.2 Å². The van der Waals surface area contributed by atoms with Crippen LogP contribution in [0.4, 0.5) is 0 Å². The molecule has 1 fully saturated rings. The molecule has 4 heteroatoms. The number of halogens is 1. The fourth-order valence-corrected chi connectivity index (χ4v) is 2.01. The van der Waals surface area contributed by atoms with Crippen molar-refractivity contribution in [2.45, 2.75) is 0 Å². The molecule has 1 aromatic rings. The number of benzene rings is 1. The summed E-state index contributed by atoms with van der Waals surface area (Å²) in [5.41, 5.74) is 0.862. The molecule has 3 nitrogen and oxygen atoms in total. The molecular formula is C14H15BrN2O. The van der Waals surface area contributed by atoms with Gasteiger partial charge in [-0.15, -0.1) is 0 Å². The van der Waals surface area contributed by atoms with Crippen LogP contribution in [0.15, 0.2) is 28.7 Å². The summed E-state index contributed by atoms with van der Waals surface area (Å²) in [5.74, 6) is 5.53. The molecule has 1 aliphatic heterocycles. The SMILES string of the molecule is CN1CCN(C(=O)C#Cc2ccc(Br)cc2)CC1. The number of amides is 1. The van der Waals surface area contributed by atoms with Crippen LogP contribution >= 0.6 is 15.9 Å². The molecule has 1 amide bonds. The van der Waals surface area contributed by atoms with Crippen molar-refractivity contribution >= 4 is 21.8 Å². The largest absolute Gasteiger partial charge is 0.329 e. The summed E-state index contributed by atoms with van der Waals surface area (Å²) in [6.45, 7) is 3.38. The van der Waals surface area contributed by atoms with Crippen LogP contribution in [0, 0.1) is 11.8 Å². The van der Waals surface area contributed by atoms with Crippen molar-refractivity contribution < 1.29 is 4.79 Å². The average Bonchev–Trinajstić information content (AvgIpc) is 2.38. The topological polar surface area (TPSA) is 23.6 Å². The van der Waals surface area contributed by atoms with Gasteiger partial charge in [-0.25, -0.2) is 0 Å². The predicted molar refractivity (Wildman–Crippen MR) is 75.1 cm³/mol. The van der Waals surface area contributed by atoms with Gasteiger partial charge in [0.1, 0.15) is 0 Å². The van der Waals surface area contributed by atoms with Crippen molar-refractivity contribution in [1.82, 2.24) is 9.80 Å². The highest BCUT2D eigenvalue weighted by atomic mass is 79.9. The highest BCUT2D eigenvalue weighted by Crippen LogP contribution is 2.09. The maximum atomic E-state index is 11.9. The van der Waals surface area contributed by atoms with E-state index in [1.165, 1.54) is 0 Å². The molecule has 0 spiro atoms. The van der Waals surface area contributed by atoms with Crippen molar-refractivity contribution in [3.8, 4) is 11.8 Å². The maximum absolute atomic E-state index is 11.9. The molecule has 0 atom stereocenters. The van der Waals surface area contributed by atoms with Crippen LogP contribution in [0.3, 0.4) is 0 Å². The number of hydrogen-bond donors (Lipinski definition) is 0. The zero-order valence-corrected chi connectivity index (χ0v) is 11.9. The molecule has 0 radical (unpaired) electrons. The Morgan fingerprint density at radius 1 is 1.17 bits per heavy atom. The predicted octanol–water partition coefficient (Wildman–Crippen LogP) is 1.57. The zero-order chi connectivity index (χ0) is 13.0. The van der Waals surface area contributed by atoms with Gasteiger partial charge in [0.25, 0.3) is 5.91 Å². The highest BCUT2D eigenvalue weighted by Gasteiger charge is 2.16. The second kappa shape index (κ2) is 6.03. The Morgan fingerprint density at radius 3 is 2.39 bits per heavy atom. The molecule has 1 heterocycles. The molecule has 94 valence electrons. The van der Waals surface area contributed by atoms with Crippen LogP contribution in [0.25, 0.3) is 0 Å². The lowest BCUT2D eigenvalue weighted by molar-refractivity contribution is -0.126. The summed E-state index contributed by atoms with van der Waals surface area (Å²) < 4.78 is 1.01. The Labute approximate surface area is 116 Å². The van der Waals surface area contributed by atoms with Crippen LogP contribution in [-0.2, 0) is 4.79 Å². The van der Waals surface area contributed by atoms with E-state index in [2.05, 4.69) is 39.7 Å². The van der Waals surface area contributed by atoms with Crippen LogP contribution in [0.2, 0.25) is 0 Å². The second-order valence-corrected chi connectivity index (χ2v) is 5.27. The van der Waals surface area contributed by atoms with Crippen molar-refractivity contribution in [3.63, 3.8) is 0 Å². The molecule has 0 unspecified atom stereocenters. The quantitative estimate of drug-likeness (QED) is 0.679. The lowest BCUT2D eigenvalue weighted by Gasteiger charge is -2.30. The Kier molecular flexibility index (Phi) is 4.40. The number of carbonyl (C=O) groups excluding carboxylic acids is 1. The van der Waals surface area contributed by atoms with Crippen molar-refractivity contribution in [1.29, 1.82) is 0 Å². The van der Waals surface area contributed by atoms with Gasteiger partial charge in [-0.2, -0.15) is 0 Å². The van der Waals surface area contributed by atoms with E-state index in [-0.39, 0.29) is 5.91 Å². The van der Waals surface area contributed by atoms with E-state index in [9.17, 15) is 4.79 Å². The van der Waals surface area contributed by atoms with E-state index in [0.717, 1.165) is 36.2 Å². The molecule has 0 saturated carbocycles. The van der Waals surface area contributed by atoms with Gasteiger partial charge in [0.15, 0.2) is 0 Å². The van der Waals surface area contributed by atoms with Gasteiger partial charge in [-0.05, 0) is 31.3 Å². The Bertz CT molecular complexity index is 479. The monoisotopic (exact) mass is 306 g/mol. The fourth-order valence-electron chi connectivity index (χ4n) is 1.75. The number of rotatable bonds is 0. The first-order valence-electron chi connectivity index (χ1n) is 5.90. The van der Waals surface area contributed by atoms with E-state index < -0.39 is 0 Å². The molecular weight excluding hydrogens is 292 g/mol. The van der Waals surface area contributed by atoms with Gasteiger partial charge in [0.2, 0.25) is 0 Å². The minimum absolute atomic E-state index is 0.0778. The molecule has 0 aliphatic carbocycles. The van der Waals surface area contributed by atoms with E-state index in [4.69, 9.17) is 0 Å². The normalized spacial score (nSPS) is 16.0. The molecule has 18 heavy (non-hydrogen) atoms. The third-order valence-electron chi connectivity index (χ3n) is 2.95. The van der Waals surface area contributed by atoms with Crippen molar-refractivity contribution in [3.05, 3.63) is 34.3 Å².